The van der Waals surface area contributed by atoms with Gasteiger partial charge in [-0.15, -0.1) is 11.6 Å². The van der Waals surface area contributed by atoms with Crippen molar-refractivity contribution < 1.29 is 4.58 Å². The van der Waals surface area contributed by atoms with Crippen LogP contribution in [0.15, 0.2) is 11.1 Å². The summed E-state index contributed by atoms with van der Waals surface area (Å²) in [7, 11) is 1.72. The first-order chi connectivity index (χ1) is 8.20. The van der Waals surface area contributed by atoms with Gasteiger partial charge >= 0.3 is 11.2 Å². The van der Waals surface area contributed by atoms with Gasteiger partial charge in [-0.25, -0.2) is 4.98 Å². The maximum absolute atomic E-state index is 11.7. The van der Waals surface area contributed by atoms with E-state index in [1.165, 1.54) is 6.33 Å². The Balaban J connectivity index is 2.71. The fraction of sp³-hybridized carbons (Fsp3) is 0.500. The molecule has 7 heteroatoms. The Bertz CT molecular complexity index is 435. The number of hydrogen-bond acceptors (Lipinski definition) is 4. The van der Waals surface area contributed by atoms with Gasteiger partial charge in [0.2, 0.25) is 5.82 Å². The van der Waals surface area contributed by atoms with Crippen molar-refractivity contribution in [3.05, 3.63) is 16.7 Å². The second-order valence-electron chi connectivity index (χ2n) is 3.24. The largest absolute Gasteiger partial charge is 0.367 e. The maximum atomic E-state index is 11.7. The molecule has 2 N–H and O–H groups in total. The third-order valence-corrected chi connectivity index (χ3v) is 3.49. The zero-order valence-electron chi connectivity index (χ0n) is 9.70. The van der Waals surface area contributed by atoms with Crippen LogP contribution in [0.2, 0.25) is 0 Å². The Hall–Kier alpha value is -1.01. The van der Waals surface area contributed by atoms with Crippen molar-refractivity contribution in [3.63, 3.8) is 0 Å². The number of thioether (sulfide) groups is 1. The summed E-state index contributed by atoms with van der Waals surface area (Å²) in [4.78, 5) is 18.3. The first-order valence-electron chi connectivity index (χ1n) is 5.18. The Kier molecular flexibility index (Phi) is 6.07. The fourth-order valence-electron chi connectivity index (χ4n) is 1.31. The molecule has 0 amide bonds. The molecule has 1 heterocycles. The summed E-state index contributed by atoms with van der Waals surface area (Å²) in [6.45, 7) is 4.53. The van der Waals surface area contributed by atoms with Gasteiger partial charge in [0.1, 0.15) is 6.72 Å². The standard InChI is InChI=1S/C10H15ClN4OS/c1-12-9-8(10(16)14-7-13-9)15(2)4-6-17-5-3-11/h7H,2-6H2,1H3,(H-,12,13,14,16)/p+1. The van der Waals surface area contributed by atoms with Gasteiger partial charge in [-0.05, 0) is 0 Å². The van der Waals surface area contributed by atoms with E-state index in [2.05, 4.69) is 22.0 Å². The van der Waals surface area contributed by atoms with Gasteiger partial charge in [-0.3, -0.25) is 4.79 Å². The minimum atomic E-state index is -0.193. The lowest BCUT2D eigenvalue weighted by Gasteiger charge is -2.04. The number of halogens is 1. The van der Waals surface area contributed by atoms with E-state index in [9.17, 15) is 4.79 Å². The second kappa shape index (κ2) is 7.34. The third kappa shape index (κ3) is 4.05. The summed E-state index contributed by atoms with van der Waals surface area (Å²) in [6, 6.07) is 0. The molecule has 0 saturated heterocycles. The van der Waals surface area contributed by atoms with E-state index in [1.54, 1.807) is 23.4 Å². The SMILES string of the molecule is C=[N+](CCSCCCl)c1c(NC)nc[nH]c1=O. The molecule has 1 aromatic rings. The zero-order chi connectivity index (χ0) is 12.7. The van der Waals surface area contributed by atoms with E-state index in [0.717, 1.165) is 11.5 Å². The lowest BCUT2D eigenvalue weighted by molar-refractivity contribution is -0.425. The van der Waals surface area contributed by atoms with Crippen molar-refractivity contribution >= 4 is 41.6 Å². The molecule has 0 aromatic carbocycles. The summed E-state index contributed by atoms with van der Waals surface area (Å²) in [6.07, 6.45) is 1.37. The Morgan fingerprint density at radius 1 is 1.65 bits per heavy atom. The van der Waals surface area contributed by atoms with E-state index < -0.39 is 0 Å². The van der Waals surface area contributed by atoms with Crippen LogP contribution in [-0.4, -0.2) is 52.2 Å². The molecule has 0 aliphatic heterocycles. The van der Waals surface area contributed by atoms with Gasteiger partial charge in [0.05, 0.1) is 12.1 Å². The summed E-state index contributed by atoms with van der Waals surface area (Å²) < 4.78 is 1.65. The number of aromatic amines is 1. The molecule has 0 aliphatic carbocycles. The molecule has 0 aliphatic rings. The number of nitrogens with zero attached hydrogens (tertiary/aromatic N) is 2. The lowest BCUT2D eigenvalue weighted by atomic mass is 10.4. The van der Waals surface area contributed by atoms with Crippen molar-refractivity contribution in [1.82, 2.24) is 9.97 Å². The zero-order valence-corrected chi connectivity index (χ0v) is 11.3. The molecule has 5 nitrogen and oxygen atoms in total. The second-order valence-corrected chi connectivity index (χ2v) is 4.85. The first-order valence-corrected chi connectivity index (χ1v) is 6.86. The summed E-state index contributed by atoms with van der Waals surface area (Å²) in [5.41, 5.74) is 0.267. The van der Waals surface area contributed by atoms with Gasteiger partial charge in [0, 0.05) is 18.7 Å². The van der Waals surface area contributed by atoms with Crippen LogP contribution in [0.5, 0.6) is 0 Å². The predicted molar refractivity (Wildman–Crippen MR) is 74.4 cm³/mol. The number of rotatable bonds is 7. The topological polar surface area (TPSA) is 60.8 Å². The third-order valence-electron chi connectivity index (χ3n) is 2.11. The average Bonchev–Trinajstić information content (AvgIpc) is 2.34. The van der Waals surface area contributed by atoms with Crippen LogP contribution in [0, 0.1) is 0 Å². The van der Waals surface area contributed by atoms with Gasteiger partial charge in [0.25, 0.3) is 0 Å². The molecule has 94 valence electrons. The fourth-order valence-corrected chi connectivity index (χ4v) is 2.30. The number of hydrogen-bond donors (Lipinski definition) is 2. The summed E-state index contributed by atoms with van der Waals surface area (Å²) in [5, 5.41) is 2.88. The predicted octanol–water partition coefficient (Wildman–Crippen LogP) is 1.13. The van der Waals surface area contributed by atoms with Crippen molar-refractivity contribution in [3.8, 4) is 0 Å². The number of alkyl halides is 1. The molecule has 1 aromatic heterocycles. The van der Waals surface area contributed by atoms with Gasteiger partial charge in [-0.1, -0.05) is 0 Å². The highest BCUT2D eigenvalue weighted by Crippen LogP contribution is 2.14. The Labute approximate surface area is 109 Å². The van der Waals surface area contributed by atoms with Crippen LogP contribution in [0.1, 0.15) is 0 Å². The molecule has 17 heavy (non-hydrogen) atoms. The molecule has 0 unspecified atom stereocenters. The lowest BCUT2D eigenvalue weighted by Crippen LogP contribution is -2.20. The number of H-pyrrole nitrogens is 1. The van der Waals surface area contributed by atoms with Crippen LogP contribution in [0.3, 0.4) is 0 Å². The highest BCUT2D eigenvalue weighted by Gasteiger charge is 2.18. The van der Waals surface area contributed by atoms with E-state index in [0.29, 0.717) is 23.9 Å². The Morgan fingerprint density at radius 2 is 2.41 bits per heavy atom. The highest BCUT2D eigenvalue weighted by atomic mass is 35.5. The molecule has 0 bridgehead atoms. The molecule has 0 fully saturated rings. The van der Waals surface area contributed by atoms with Crippen molar-refractivity contribution in [2.75, 3.05) is 36.3 Å². The summed E-state index contributed by atoms with van der Waals surface area (Å²) >= 11 is 7.31. The average molecular weight is 276 g/mol. The van der Waals surface area contributed by atoms with Gasteiger partial charge in [-0.2, -0.15) is 16.3 Å². The highest BCUT2D eigenvalue weighted by molar-refractivity contribution is 7.99. The van der Waals surface area contributed by atoms with Gasteiger partial charge in [0.15, 0.2) is 6.54 Å². The van der Waals surface area contributed by atoms with Crippen LogP contribution in [0.4, 0.5) is 11.5 Å². The monoisotopic (exact) mass is 275 g/mol. The molecule has 0 radical (unpaired) electrons. The molecule has 0 spiro atoms. The Morgan fingerprint density at radius 3 is 3.06 bits per heavy atom. The van der Waals surface area contributed by atoms with Crippen molar-refractivity contribution in [2.24, 2.45) is 0 Å². The van der Waals surface area contributed by atoms with Gasteiger partial charge < -0.3 is 10.3 Å². The van der Waals surface area contributed by atoms with Crippen LogP contribution in [0.25, 0.3) is 0 Å². The molecule has 1 rings (SSSR count). The van der Waals surface area contributed by atoms with E-state index in [-0.39, 0.29) is 5.56 Å². The molecular formula is C10H16ClN4OS+. The first kappa shape index (κ1) is 14.1. The normalized spacial score (nSPS) is 10.2. The van der Waals surface area contributed by atoms with E-state index >= 15 is 0 Å². The maximum Gasteiger partial charge on any atom is 0.325 e. The van der Waals surface area contributed by atoms with Crippen molar-refractivity contribution in [2.45, 2.75) is 0 Å². The van der Waals surface area contributed by atoms with E-state index in [1.807, 2.05) is 0 Å². The quantitative estimate of drug-likeness (QED) is 0.339. The minimum absolute atomic E-state index is 0.193. The number of nitrogens with one attached hydrogen (secondary N) is 2. The molecular weight excluding hydrogens is 260 g/mol. The van der Waals surface area contributed by atoms with Crippen LogP contribution in [-0.2, 0) is 0 Å². The van der Waals surface area contributed by atoms with Crippen LogP contribution < -0.4 is 10.9 Å². The van der Waals surface area contributed by atoms with E-state index in [4.69, 9.17) is 11.6 Å². The summed E-state index contributed by atoms with van der Waals surface area (Å²) in [5.74, 6) is 2.94. The van der Waals surface area contributed by atoms with Crippen LogP contribution >= 0.6 is 23.4 Å². The smallest absolute Gasteiger partial charge is 0.325 e. The molecule has 0 saturated carbocycles. The molecule has 0 atom stereocenters. The number of anilines is 1. The minimum Gasteiger partial charge on any atom is -0.367 e. The number of aromatic nitrogens is 2. The van der Waals surface area contributed by atoms with Crippen molar-refractivity contribution in [1.29, 1.82) is 0 Å².